The van der Waals surface area contributed by atoms with Gasteiger partial charge in [-0.2, -0.15) is 0 Å². The number of rotatable bonds is 3. The molecule has 1 aliphatic heterocycles. The molecule has 1 aliphatic rings. The molecule has 0 bridgehead atoms. The first-order chi connectivity index (χ1) is 9.86. The van der Waals surface area contributed by atoms with Crippen LogP contribution in [0.1, 0.15) is 18.4 Å². The van der Waals surface area contributed by atoms with E-state index >= 15 is 0 Å². The van der Waals surface area contributed by atoms with Gasteiger partial charge in [-0.25, -0.2) is 13.2 Å². The molecule has 0 aromatic heterocycles. The third-order valence-corrected chi connectivity index (χ3v) is 4.36. The lowest BCUT2D eigenvalue weighted by molar-refractivity contribution is 0.160. The number of nitrogens with zero attached hydrogens (tertiary/aromatic N) is 1. The summed E-state index contributed by atoms with van der Waals surface area (Å²) in [5.74, 6) is 0. The van der Waals surface area contributed by atoms with E-state index in [-0.39, 0.29) is 4.90 Å². The normalized spacial score (nSPS) is 16.0. The molecule has 6 heteroatoms. The van der Waals surface area contributed by atoms with E-state index in [4.69, 9.17) is 5.11 Å². The smallest absolute Gasteiger partial charge is 0.411 e. The Morgan fingerprint density at radius 2 is 1.90 bits per heavy atom. The van der Waals surface area contributed by atoms with Crippen LogP contribution in [0.2, 0.25) is 0 Å². The van der Waals surface area contributed by atoms with Crippen LogP contribution in [0.5, 0.6) is 0 Å². The van der Waals surface area contributed by atoms with Crippen molar-refractivity contribution in [3.05, 3.63) is 47.7 Å². The van der Waals surface area contributed by atoms with Gasteiger partial charge in [0, 0.05) is 19.0 Å². The molecule has 2 rings (SSSR count). The highest BCUT2D eigenvalue weighted by molar-refractivity contribution is 7.90. The third kappa shape index (κ3) is 4.19. The van der Waals surface area contributed by atoms with Crippen LogP contribution in [0.4, 0.5) is 4.79 Å². The van der Waals surface area contributed by atoms with E-state index in [1.54, 1.807) is 30.5 Å². The van der Waals surface area contributed by atoms with E-state index in [0.29, 0.717) is 6.54 Å². The maximum atomic E-state index is 11.4. The van der Waals surface area contributed by atoms with Crippen LogP contribution in [0, 0.1) is 0 Å². The van der Waals surface area contributed by atoms with Gasteiger partial charge < -0.3 is 5.11 Å². The summed E-state index contributed by atoms with van der Waals surface area (Å²) in [4.78, 5) is 12.5. The van der Waals surface area contributed by atoms with Crippen molar-refractivity contribution in [3.8, 4) is 0 Å². The van der Waals surface area contributed by atoms with Gasteiger partial charge in [0.15, 0.2) is 9.84 Å². The van der Waals surface area contributed by atoms with Crippen molar-refractivity contribution in [2.75, 3.05) is 12.8 Å². The lowest BCUT2D eigenvalue weighted by atomic mass is 10.1. The SMILES string of the molecule is CS(=O)(=O)c1ccc(/C=C/C2=CN(C(=O)O)CCC2)cc1. The molecule has 0 saturated carbocycles. The lowest BCUT2D eigenvalue weighted by Gasteiger charge is -2.20. The first kappa shape index (κ1) is 15.3. The molecule has 1 aromatic rings. The van der Waals surface area contributed by atoms with Gasteiger partial charge in [-0.05, 0) is 36.1 Å². The fourth-order valence-electron chi connectivity index (χ4n) is 2.09. The van der Waals surface area contributed by atoms with Gasteiger partial charge in [0.25, 0.3) is 0 Å². The molecule has 1 heterocycles. The average Bonchev–Trinajstić information content (AvgIpc) is 2.45. The first-order valence-corrected chi connectivity index (χ1v) is 8.44. The zero-order valence-corrected chi connectivity index (χ0v) is 12.5. The van der Waals surface area contributed by atoms with Crippen molar-refractivity contribution in [1.82, 2.24) is 4.90 Å². The minimum atomic E-state index is -3.18. The fourth-order valence-corrected chi connectivity index (χ4v) is 2.72. The van der Waals surface area contributed by atoms with E-state index in [2.05, 4.69) is 0 Å². The summed E-state index contributed by atoms with van der Waals surface area (Å²) in [5.41, 5.74) is 1.81. The highest BCUT2D eigenvalue weighted by Gasteiger charge is 2.13. The number of carbonyl (C=O) groups is 1. The van der Waals surface area contributed by atoms with Crippen LogP contribution in [0.15, 0.2) is 47.0 Å². The molecule has 0 radical (unpaired) electrons. The molecule has 112 valence electrons. The Bertz CT molecular complexity index is 687. The monoisotopic (exact) mass is 307 g/mol. The zero-order valence-electron chi connectivity index (χ0n) is 11.7. The van der Waals surface area contributed by atoms with Gasteiger partial charge in [-0.1, -0.05) is 24.3 Å². The summed E-state index contributed by atoms with van der Waals surface area (Å²) in [6.45, 7) is 0.524. The Morgan fingerprint density at radius 3 is 2.48 bits per heavy atom. The molecule has 0 unspecified atom stereocenters. The average molecular weight is 307 g/mol. The van der Waals surface area contributed by atoms with E-state index in [1.807, 2.05) is 12.2 Å². The Labute approximate surface area is 124 Å². The highest BCUT2D eigenvalue weighted by Crippen LogP contribution is 2.18. The zero-order chi connectivity index (χ0) is 15.5. The molecule has 0 aliphatic carbocycles. The molecule has 5 nitrogen and oxygen atoms in total. The van der Waals surface area contributed by atoms with E-state index in [1.165, 1.54) is 11.2 Å². The predicted molar refractivity (Wildman–Crippen MR) is 80.6 cm³/mol. The maximum Gasteiger partial charge on any atom is 0.411 e. The van der Waals surface area contributed by atoms with Crippen molar-refractivity contribution in [2.45, 2.75) is 17.7 Å². The van der Waals surface area contributed by atoms with E-state index < -0.39 is 15.9 Å². The summed E-state index contributed by atoms with van der Waals surface area (Å²) in [7, 11) is -3.18. The van der Waals surface area contributed by atoms with Crippen LogP contribution in [0.25, 0.3) is 6.08 Å². The van der Waals surface area contributed by atoms with Crippen LogP contribution in [-0.2, 0) is 9.84 Å². The van der Waals surface area contributed by atoms with Gasteiger partial charge in [0.1, 0.15) is 0 Å². The van der Waals surface area contributed by atoms with Gasteiger partial charge in [-0.3, -0.25) is 4.90 Å². The number of allylic oxidation sites excluding steroid dienone is 2. The summed E-state index contributed by atoms with van der Waals surface area (Å²) in [5, 5.41) is 8.95. The molecule has 1 amide bonds. The predicted octanol–water partition coefficient (Wildman–Crippen LogP) is 2.76. The number of carboxylic acid groups (broad SMARTS) is 1. The molecule has 0 spiro atoms. The minimum Gasteiger partial charge on any atom is -0.465 e. The molecule has 21 heavy (non-hydrogen) atoms. The molecule has 0 fully saturated rings. The fraction of sp³-hybridized carbons (Fsp3) is 0.267. The molecular weight excluding hydrogens is 290 g/mol. The van der Waals surface area contributed by atoms with Crippen molar-refractivity contribution >= 4 is 22.0 Å². The molecule has 0 saturated heterocycles. The number of hydrogen-bond acceptors (Lipinski definition) is 3. The summed E-state index contributed by atoms with van der Waals surface area (Å²) < 4.78 is 22.7. The highest BCUT2D eigenvalue weighted by atomic mass is 32.2. The Hall–Kier alpha value is -2.08. The van der Waals surface area contributed by atoms with Crippen molar-refractivity contribution < 1.29 is 18.3 Å². The minimum absolute atomic E-state index is 0.286. The Morgan fingerprint density at radius 1 is 1.24 bits per heavy atom. The second kappa shape index (κ2) is 6.13. The number of benzene rings is 1. The topological polar surface area (TPSA) is 74.7 Å². The van der Waals surface area contributed by atoms with Crippen molar-refractivity contribution in [2.24, 2.45) is 0 Å². The van der Waals surface area contributed by atoms with Crippen molar-refractivity contribution in [3.63, 3.8) is 0 Å². The number of sulfone groups is 1. The Kier molecular flexibility index (Phi) is 4.47. The van der Waals surface area contributed by atoms with Crippen molar-refractivity contribution in [1.29, 1.82) is 0 Å². The second-order valence-electron chi connectivity index (χ2n) is 4.96. The second-order valence-corrected chi connectivity index (χ2v) is 6.97. The molecule has 1 aromatic carbocycles. The first-order valence-electron chi connectivity index (χ1n) is 6.55. The van der Waals surface area contributed by atoms with Crippen LogP contribution in [-0.4, -0.2) is 37.3 Å². The van der Waals surface area contributed by atoms with E-state index in [9.17, 15) is 13.2 Å². The summed E-state index contributed by atoms with van der Waals surface area (Å²) >= 11 is 0. The van der Waals surface area contributed by atoms with Gasteiger partial charge in [0.05, 0.1) is 4.90 Å². The lowest BCUT2D eigenvalue weighted by Crippen LogP contribution is -2.27. The van der Waals surface area contributed by atoms with Gasteiger partial charge in [-0.15, -0.1) is 0 Å². The largest absolute Gasteiger partial charge is 0.465 e. The van der Waals surface area contributed by atoms with Crippen LogP contribution in [0.3, 0.4) is 0 Å². The maximum absolute atomic E-state index is 11.4. The van der Waals surface area contributed by atoms with Crippen LogP contribution >= 0.6 is 0 Å². The molecular formula is C15H17NO4S. The van der Waals surface area contributed by atoms with Gasteiger partial charge >= 0.3 is 6.09 Å². The Balaban J connectivity index is 2.12. The van der Waals surface area contributed by atoms with Gasteiger partial charge in [0.2, 0.25) is 0 Å². The third-order valence-electron chi connectivity index (χ3n) is 3.23. The summed E-state index contributed by atoms with van der Waals surface area (Å²) in [6.07, 6.45) is 7.21. The molecule has 0 atom stereocenters. The van der Waals surface area contributed by atoms with E-state index in [0.717, 1.165) is 24.0 Å². The number of amides is 1. The quantitative estimate of drug-likeness (QED) is 0.931. The van der Waals surface area contributed by atoms with Crippen LogP contribution < -0.4 is 0 Å². The standard InChI is InChI=1S/C15H17NO4S/c1-21(19,20)14-8-6-12(7-9-14)4-5-13-3-2-10-16(11-13)15(17)18/h4-9,11H,2-3,10H2,1H3,(H,17,18)/b5-4+. The summed E-state index contributed by atoms with van der Waals surface area (Å²) in [6, 6.07) is 6.58. The molecule has 1 N–H and O–H groups in total. The number of hydrogen-bond donors (Lipinski definition) is 1.